The van der Waals surface area contributed by atoms with Crippen LogP contribution in [0.3, 0.4) is 0 Å². The normalized spacial score (nSPS) is 12.9. The highest BCUT2D eigenvalue weighted by Crippen LogP contribution is 2.07. The Morgan fingerprint density at radius 3 is 3.00 bits per heavy atom. The lowest BCUT2D eigenvalue weighted by Crippen LogP contribution is -2.27. The topological polar surface area (TPSA) is 43.1 Å². The summed E-state index contributed by atoms with van der Waals surface area (Å²) in [4.78, 5) is 11.1. The fourth-order valence-corrected chi connectivity index (χ4v) is 1.42. The number of nitrogens with two attached hydrogens (primary N) is 1. The SMILES string of the molecule is CC(N)C(=O)Cc1ccsc1. The summed E-state index contributed by atoms with van der Waals surface area (Å²) in [7, 11) is 0. The van der Waals surface area contributed by atoms with Crippen molar-refractivity contribution in [1.82, 2.24) is 0 Å². The molecule has 2 N–H and O–H groups in total. The first-order valence-corrected chi connectivity index (χ1v) is 4.44. The summed E-state index contributed by atoms with van der Waals surface area (Å²) in [6, 6.07) is 1.61. The summed E-state index contributed by atoms with van der Waals surface area (Å²) in [5.41, 5.74) is 6.47. The Morgan fingerprint density at radius 1 is 1.82 bits per heavy atom. The van der Waals surface area contributed by atoms with E-state index in [1.165, 1.54) is 0 Å². The molecule has 1 aromatic heterocycles. The van der Waals surface area contributed by atoms with Gasteiger partial charge >= 0.3 is 0 Å². The molecular weight excluding hydrogens is 158 g/mol. The molecule has 0 radical (unpaired) electrons. The van der Waals surface area contributed by atoms with Crippen molar-refractivity contribution >= 4 is 17.1 Å². The second-order valence-electron chi connectivity index (χ2n) is 2.56. The average Bonchev–Trinajstić information content (AvgIpc) is 2.39. The van der Waals surface area contributed by atoms with Gasteiger partial charge in [-0.15, -0.1) is 0 Å². The zero-order valence-corrected chi connectivity index (χ0v) is 7.23. The van der Waals surface area contributed by atoms with Crippen LogP contribution in [0.2, 0.25) is 0 Å². The Balaban J connectivity index is 2.50. The molecule has 0 aromatic carbocycles. The van der Waals surface area contributed by atoms with Gasteiger partial charge in [-0.1, -0.05) is 0 Å². The van der Waals surface area contributed by atoms with Gasteiger partial charge in [-0.2, -0.15) is 11.3 Å². The Labute approximate surface area is 70.0 Å². The average molecular weight is 169 g/mol. The van der Waals surface area contributed by atoms with Crippen LogP contribution in [0.25, 0.3) is 0 Å². The zero-order valence-electron chi connectivity index (χ0n) is 6.41. The van der Waals surface area contributed by atoms with Crippen LogP contribution in [-0.4, -0.2) is 11.8 Å². The van der Waals surface area contributed by atoms with Crippen molar-refractivity contribution in [2.45, 2.75) is 19.4 Å². The van der Waals surface area contributed by atoms with Crippen molar-refractivity contribution in [3.8, 4) is 0 Å². The standard InChI is InChI=1S/C8H11NOS/c1-6(9)8(10)4-7-2-3-11-5-7/h2-3,5-6H,4,9H2,1H3. The highest BCUT2D eigenvalue weighted by Gasteiger charge is 2.07. The third-order valence-electron chi connectivity index (χ3n) is 1.47. The summed E-state index contributed by atoms with van der Waals surface area (Å²) in [5, 5.41) is 3.93. The number of carbonyl (C=O) groups is 1. The molecule has 3 heteroatoms. The summed E-state index contributed by atoms with van der Waals surface area (Å²) >= 11 is 1.60. The van der Waals surface area contributed by atoms with Crippen molar-refractivity contribution in [3.05, 3.63) is 22.4 Å². The van der Waals surface area contributed by atoms with E-state index in [2.05, 4.69) is 0 Å². The van der Waals surface area contributed by atoms with Crippen LogP contribution in [0.1, 0.15) is 12.5 Å². The molecule has 1 unspecified atom stereocenters. The summed E-state index contributed by atoms with van der Waals surface area (Å²) < 4.78 is 0. The molecule has 0 aliphatic rings. The fraction of sp³-hybridized carbons (Fsp3) is 0.375. The first kappa shape index (κ1) is 8.43. The third-order valence-corrected chi connectivity index (χ3v) is 2.20. The number of carbonyl (C=O) groups excluding carboxylic acids is 1. The van der Waals surface area contributed by atoms with E-state index in [1.54, 1.807) is 18.3 Å². The Morgan fingerprint density at radius 2 is 2.55 bits per heavy atom. The van der Waals surface area contributed by atoms with Gasteiger partial charge in [0.2, 0.25) is 0 Å². The van der Waals surface area contributed by atoms with E-state index in [0.717, 1.165) is 5.56 Å². The maximum atomic E-state index is 11.1. The van der Waals surface area contributed by atoms with Gasteiger partial charge in [0, 0.05) is 6.42 Å². The van der Waals surface area contributed by atoms with Crippen molar-refractivity contribution in [3.63, 3.8) is 0 Å². The van der Waals surface area contributed by atoms with Crippen LogP contribution in [0, 0.1) is 0 Å². The number of Topliss-reactive ketones (excluding diaryl/α,β-unsaturated/α-hetero) is 1. The lowest BCUT2D eigenvalue weighted by molar-refractivity contribution is -0.119. The van der Waals surface area contributed by atoms with E-state index in [0.29, 0.717) is 6.42 Å². The molecule has 1 atom stereocenters. The van der Waals surface area contributed by atoms with Crippen LogP contribution in [0.4, 0.5) is 0 Å². The molecule has 1 rings (SSSR count). The highest BCUT2D eigenvalue weighted by molar-refractivity contribution is 7.07. The molecule has 1 heterocycles. The molecule has 0 saturated carbocycles. The Bertz CT molecular complexity index is 228. The van der Waals surface area contributed by atoms with E-state index in [4.69, 9.17) is 5.73 Å². The first-order valence-electron chi connectivity index (χ1n) is 3.49. The lowest BCUT2D eigenvalue weighted by Gasteiger charge is -2.00. The number of hydrogen-bond donors (Lipinski definition) is 1. The molecule has 0 bridgehead atoms. The minimum atomic E-state index is -0.338. The summed E-state index contributed by atoms with van der Waals surface area (Å²) in [5.74, 6) is 0.100. The van der Waals surface area contributed by atoms with E-state index >= 15 is 0 Å². The molecule has 0 saturated heterocycles. The second-order valence-corrected chi connectivity index (χ2v) is 3.34. The monoisotopic (exact) mass is 169 g/mol. The van der Waals surface area contributed by atoms with Gasteiger partial charge in [-0.25, -0.2) is 0 Å². The van der Waals surface area contributed by atoms with Gasteiger partial charge in [0.05, 0.1) is 6.04 Å². The van der Waals surface area contributed by atoms with Gasteiger partial charge in [0.15, 0.2) is 5.78 Å². The third kappa shape index (κ3) is 2.44. The molecule has 0 aliphatic carbocycles. The van der Waals surface area contributed by atoms with Crippen molar-refractivity contribution in [1.29, 1.82) is 0 Å². The van der Waals surface area contributed by atoms with Crippen molar-refractivity contribution in [2.24, 2.45) is 5.73 Å². The van der Waals surface area contributed by atoms with Crippen LogP contribution in [-0.2, 0) is 11.2 Å². The predicted molar refractivity (Wildman–Crippen MR) is 46.7 cm³/mol. The van der Waals surface area contributed by atoms with Gasteiger partial charge < -0.3 is 5.73 Å². The lowest BCUT2D eigenvalue weighted by atomic mass is 10.1. The van der Waals surface area contributed by atoms with Crippen molar-refractivity contribution < 1.29 is 4.79 Å². The quantitative estimate of drug-likeness (QED) is 0.739. The molecule has 2 nitrogen and oxygen atoms in total. The smallest absolute Gasteiger partial charge is 0.153 e. The van der Waals surface area contributed by atoms with Crippen molar-refractivity contribution in [2.75, 3.05) is 0 Å². The Kier molecular flexibility index (Phi) is 2.79. The molecule has 1 aromatic rings. The summed E-state index contributed by atoms with van der Waals surface area (Å²) in [6.07, 6.45) is 0.473. The zero-order chi connectivity index (χ0) is 8.27. The van der Waals surface area contributed by atoms with Crippen LogP contribution in [0.15, 0.2) is 16.8 Å². The molecule has 60 valence electrons. The number of hydrogen-bond acceptors (Lipinski definition) is 3. The maximum absolute atomic E-state index is 11.1. The molecule has 11 heavy (non-hydrogen) atoms. The van der Waals surface area contributed by atoms with Gasteiger partial charge in [-0.05, 0) is 29.3 Å². The number of thiophene rings is 1. The predicted octanol–water partition coefficient (Wildman–Crippen LogP) is 1.21. The summed E-state index contributed by atoms with van der Waals surface area (Å²) in [6.45, 7) is 1.72. The molecule has 0 spiro atoms. The van der Waals surface area contributed by atoms with Gasteiger partial charge in [0.25, 0.3) is 0 Å². The Hall–Kier alpha value is -0.670. The number of ketones is 1. The van der Waals surface area contributed by atoms with E-state index in [9.17, 15) is 4.79 Å². The van der Waals surface area contributed by atoms with Gasteiger partial charge in [-0.3, -0.25) is 4.79 Å². The van der Waals surface area contributed by atoms with Crippen LogP contribution >= 0.6 is 11.3 Å². The highest BCUT2D eigenvalue weighted by atomic mass is 32.1. The van der Waals surface area contributed by atoms with Gasteiger partial charge in [0.1, 0.15) is 0 Å². The fourth-order valence-electron chi connectivity index (χ4n) is 0.755. The van der Waals surface area contributed by atoms with Crippen LogP contribution in [0.5, 0.6) is 0 Å². The molecule has 0 aliphatic heterocycles. The minimum absolute atomic E-state index is 0.100. The van der Waals surface area contributed by atoms with E-state index in [1.807, 2.05) is 16.8 Å². The molecule has 0 fully saturated rings. The number of rotatable bonds is 3. The maximum Gasteiger partial charge on any atom is 0.153 e. The largest absolute Gasteiger partial charge is 0.322 e. The minimum Gasteiger partial charge on any atom is -0.322 e. The van der Waals surface area contributed by atoms with Crippen LogP contribution < -0.4 is 5.73 Å². The molecule has 0 amide bonds. The molecular formula is C8H11NOS. The van der Waals surface area contributed by atoms with E-state index in [-0.39, 0.29) is 11.8 Å². The second kappa shape index (κ2) is 3.64. The van der Waals surface area contributed by atoms with E-state index < -0.39 is 0 Å². The first-order chi connectivity index (χ1) is 5.20.